The van der Waals surface area contributed by atoms with Crippen molar-refractivity contribution in [2.45, 2.75) is 38.6 Å². The minimum atomic E-state index is -0.436. The number of nitrogens with one attached hydrogen (secondary N) is 1. The van der Waals surface area contributed by atoms with E-state index in [1.54, 1.807) is 13.2 Å². The fourth-order valence-corrected chi connectivity index (χ4v) is 4.44. The van der Waals surface area contributed by atoms with Crippen LogP contribution < -0.4 is 10.9 Å². The fraction of sp³-hybridized carbons (Fsp3) is 0.500. The van der Waals surface area contributed by atoms with E-state index in [4.69, 9.17) is 0 Å². The maximum absolute atomic E-state index is 13.1. The van der Waals surface area contributed by atoms with Crippen molar-refractivity contribution in [2.24, 2.45) is 7.05 Å². The zero-order valence-corrected chi connectivity index (χ0v) is 17.2. The quantitative estimate of drug-likeness (QED) is 0.696. The second kappa shape index (κ2) is 8.37. The normalized spacial score (nSPS) is 16.3. The second-order valence-electron chi connectivity index (χ2n) is 7.84. The summed E-state index contributed by atoms with van der Waals surface area (Å²) in [5.41, 5.74) is 1.26. The Morgan fingerprint density at radius 1 is 1.17 bits per heavy atom. The van der Waals surface area contributed by atoms with Gasteiger partial charge in [0, 0.05) is 30.9 Å². The van der Waals surface area contributed by atoms with Gasteiger partial charge in [-0.15, -0.1) is 0 Å². The number of carbonyl (C=O) groups is 1. The number of benzene rings is 1. The number of piperidine rings is 1. The van der Waals surface area contributed by atoms with Crippen LogP contribution in [-0.2, 0) is 11.8 Å². The summed E-state index contributed by atoms with van der Waals surface area (Å²) in [6.07, 6.45) is 6.11. The Balaban J connectivity index is 1.66. The van der Waals surface area contributed by atoms with E-state index < -0.39 is 6.04 Å². The summed E-state index contributed by atoms with van der Waals surface area (Å²) in [7, 11) is 1.64. The summed E-state index contributed by atoms with van der Waals surface area (Å²) in [4.78, 5) is 28.5. The molecule has 3 heterocycles. The number of hydrogen-bond acceptors (Lipinski definition) is 4. The highest BCUT2D eigenvalue weighted by Crippen LogP contribution is 2.30. The van der Waals surface area contributed by atoms with Crippen LogP contribution in [0.5, 0.6) is 0 Å². The third kappa shape index (κ3) is 3.67. The number of fused-ring (bicyclic) bond motifs is 3. The Morgan fingerprint density at radius 2 is 1.93 bits per heavy atom. The molecule has 2 aromatic heterocycles. The van der Waals surface area contributed by atoms with Crippen LogP contribution in [0.2, 0.25) is 0 Å². The minimum Gasteiger partial charge on any atom is -0.353 e. The van der Waals surface area contributed by atoms with E-state index in [0.29, 0.717) is 18.5 Å². The van der Waals surface area contributed by atoms with Crippen molar-refractivity contribution >= 4 is 27.7 Å². The van der Waals surface area contributed by atoms with Crippen LogP contribution in [0.15, 0.2) is 35.3 Å². The van der Waals surface area contributed by atoms with Gasteiger partial charge in [-0.2, -0.15) is 5.10 Å². The molecule has 4 rings (SSSR count). The first-order valence-electron chi connectivity index (χ1n) is 10.6. The standard InChI is InChI=1S/C22H29N5O2/c1-3-18(21(28)23-11-14-26-12-7-4-8-13-26)27-19-10-6-5-9-16(19)17-15-24-25(2)22(29)20(17)27/h5-6,9-10,15,18H,3-4,7-8,11-14H2,1-2H3,(H,23,28)/t18-/m1/s1. The number of carbonyl (C=O) groups excluding carboxylic acids is 1. The third-order valence-electron chi connectivity index (χ3n) is 5.98. The van der Waals surface area contributed by atoms with Gasteiger partial charge in [-0.25, -0.2) is 4.68 Å². The van der Waals surface area contributed by atoms with Gasteiger partial charge in [0.2, 0.25) is 5.91 Å². The van der Waals surface area contributed by atoms with Gasteiger partial charge in [0.15, 0.2) is 0 Å². The van der Waals surface area contributed by atoms with Crippen molar-refractivity contribution < 1.29 is 4.79 Å². The number of likely N-dealkylation sites (tertiary alicyclic amines) is 1. The number of hydrogen-bond donors (Lipinski definition) is 1. The van der Waals surface area contributed by atoms with Crippen LogP contribution in [0.25, 0.3) is 21.8 Å². The average molecular weight is 396 g/mol. The van der Waals surface area contributed by atoms with Crippen molar-refractivity contribution in [1.29, 1.82) is 0 Å². The number of aromatic nitrogens is 3. The Hall–Kier alpha value is -2.67. The van der Waals surface area contributed by atoms with Gasteiger partial charge >= 0.3 is 0 Å². The van der Waals surface area contributed by atoms with Gasteiger partial charge in [0.05, 0.1) is 11.7 Å². The summed E-state index contributed by atoms with van der Waals surface area (Å²) in [5.74, 6) is -0.0361. The van der Waals surface area contributed by atoms with E-state index >= 15 is 0 Å². The lowest BCUT2D eigenvalue weighted by Gasteiger charge is -2.27. The van der Waals surface area contributed by atoms with E-state index in [1.165, 1.54) is 23.9 Å². The lowest BCUT2D eigenvalue weighted by atomic mass is 10.1. The molecule has 1 aliphatic heterocycles. The molecule has 1 atom stereocenters. The lowest BCUT2D eigenvalue weighted by Crippen LogP contribution is -2.40. The van der Waals surface area contributed by atoms with Gasteiger partial charge in [-0.1, -0.05) is 31.5 Å². The molecule has 3 aromatic rings. The highest BCUT2D eigenvalue weighted by atomic mass is 16.2. The molecule has 1 aliphatic rings. The highest BCUT2D eigenvalue weighted by molar-refractivity contribution is 6.08. The molecule has 0 spiro atoms. The average Bonchev–Trinajstić information content (AvgIpc) is 3.07. The number of aryl methyl sites for hydroxylation is 1. The maximum Gasteiger partial charge on any atom is 0.291 e. The maximum atomic E-state index is 13.1. The van der Waals surface area contributed by atoms with Crippen molar-refractivity contribution in [2.75, 3.05) is 26.2 Å². The van der Waals surface area contributed by atoms with Crippen molar-refractivity contribution in [3.63, 3.8) is 0 Å². The number of para-hydroxylation sites is 1. The number of amides is 1. The second-order valence-corrected chi connectivity index (χ2v) is 7.84. The van der Waals surface area contributed by atoms with Crippen LogP contribution >= 0.6 is 0 Å². The molecule has 1 saturated heterocycles. The Bertz CT molecular complexity index is 1080. The van der Waals surface area contributed by atoms with Crippen LogP contribution in [-0.4, -0.2) is 51.3 Å². The SMILES string of the molecule is CC[C@H](C(=O)NCCN1CCCCC1)n1c2ccccc2c2cnn(C)c(=O)c21. The molecular weight excluding hydrogens is 366 g/mol. The summed E-state index contributed by atoms with van der Waals surface area (Å²) < 4.78 is 3.24. The van der Waals surface area contributed by atoms with E-state index in [1.807, 2.05) is 35.8 Å². The molecule has 1 fully saturated rings. The first-order chi connectivity index (χ1) is 14.1. The zero-order chi connectivity index (χ0) is 20.4. The molecule has 1 N–H and O–H groups in total. The molecule has 1 amide bonds. The molecule has 7 nitrogen and oxygen atoms in total. The summed E-state index contributed by atoms with van der Waals surface area (Å²) in [6.45, 7) is 5.72. The zero-order valence-electron chi connectivity index (χ0n) is 17.2. The number of rotatable bonds is 6. The number of nitrogens with zero attached hydrogens (tertiary/aromatic N) is 4. The monoisotopic (exact) mass is 395 g/mol. The van der Waals surface area contributed by atoms with Gasteiger partial charge in [0.25, 0.3) is 5.56 Å². The summed E-state index contributed by atoms with van der Waals surface area (Å²) in [6, 6.07) is 7.41. The summed E-state index contributed by atoms with van der Waals surface area (Å²) >= 11 is 0. The van der Waals surface area contributed by atoms with Crippen molar-refractivity contribution in [3.8, 4) is 0 Å². The van der Waals surface area contributed by atoms with E-state index in [-0.39, 0.29) is 11.5 Å². The smallest absolute Gasteiger partial charge is 0.291 e. The first-order valence-corrected chi connectivity index (χ1v) is 10.6. The molecule has 29 heavy (non-hydrogen) atoms. The third-order valence-corrected chi connectivity index (χ3v) is 5.98. The van der Waals surface area contributed by atoms with Gasteiger partial charge in [-0.3, -0.25) is 9.59 Å². The first kappa shape index (κ1) is 19.6. The molecule has 0 bridgehead atoms. The highest BCUT2D eigenvalue weighted by Gasteiger charge is 2.25. The van der Waals surface area contributed by atoms with E-state index in [2.05, 4.69) is 15.3 Å². The lowest BCUT2D eigenvalue weighted by molar-refractivity contribution is -0.124. The van der Waals surface area contributed by atoms with Crippen molar-refractivity contribution in [1.82, 2.24) is 24.6 Å². The molecule has 154 valence electrons. The van der Waals surface area contributed by atoms with Gasteiger partial charge < -0.3 is 14.8 Å². The molecule has 0 saturated carbocycles. The van der Waals surface area contributed by atoms with Gasteiger partial charge in [-0.05, 0) is 38.4 Å². The molecule has 0 unspecified atom stereocenters. The van der Waals surface area contributed by atoms with E-state index in [9.17, 15) is 9.59 Å². The fourth-order valence-electron chi connectivity index (χ4n) is 4.44. The molecule has 0 radical (unpaired) electrons. The van der Waals surface area contributed by atoms with Gasteiger partial charge in [0.1, 0.15) is 11.6 Å². The Labute approximate surface area is 170 Å². The van der Waals surface area contributed by atoms with Crippen LogP contribution in [0.1, 0.15) is 38.6 Å². The summed E-state index contributed by atoms with van der Waals surface area (Å²) in [5, 5.41) is 9.04. The van der Waals surface area contributed by atoms with Crippen LogP contribution in [0.4, 0.5) is 0 Å². The molecule has 0 aliphatic carbocycles. The van der Waals surface area contributed by atoms with Crippen molar-refractivity contribution in [3.05, 3.63) is 40.8 Å². The van der Waals surface area contributed by atoms with Crippen LogP contribution in [0.3, 0.4) is 0 Å². The Morgan fingerprint density at radius 3 is 2.69 bits per heavy atom. The largest absolute Gasteiger partial charge is 0.353 e. The predicted octanol–water partition coefficient (Wildman–Crippen LogP) is 2.44. The topological polar surface area (TPSA) is 72.2 Å². The molecule has 7 heteroatoms. The van der Waals surface area contributed by atoms with E-state index in [0.717, 1.165) is 35.9 Å². The molecule has 1 aromatic carbocycles. The minimum absolute atomic E-state index is 0.0361. The predicted molar refractivity (Wildman–Crippen MR) is 115 cm³/mol. The van der Waals surface area contributed by atoms with Crippen LogP contribution in [0, 0.1) is 0 Å². The molecular formula is C22H29N5O2. The Kier molecular flexibility index (Phi) is 5.67.